The number of ether oxygens (including phenoxy) is 2. The number of carbonyl (C=O) groups excluding carboxylic acids is 12. The molecule has 0 bridgehead atoms. The molecule has 141 heavy (non-hydrogen) atoms. The van der Waals surface area contributed by atoms with Crippen molar-refractivity contribution in [2.75, 3.05) is 0 Å². The molecular formula is C117H151N7O17. The number of quaternary nitrogens is 3. The van der Waals surface area contributed by atoms with Crippen molar-refractivity contribution >= 4 is 71.3 Å². The highest BCUT2D eigenvalue weighted by atomic mass is 16.6. The van der Waals surface area contributed by atoms with Gasteiger partial charge in [-0.1, -0.05) is 398 Å². The maximum atomic E-state index is 13.7. The highest BCUT2D eigenvalue weighted by Crippen LogP contribution is 2.57. The number of nitrogens with one attached hydrogen (secondary N) is 1. The van der Waals surface area contributed by atoms with Crippen LogP contribution in [0.15, 0.2) is 273 Å². The molecule has 21 unspecified atom stereocenters. The second-order valence-electron chi connectivity index (χ2n) is 44.5. The summed E-state index contributed by atoms with van der Waals surface area (Å²) in [5, 5.41) is 41.8. The zero-order valence-electron chi connectivity index (χ0n) is 86.0. The number of primary amides is 3. The van der Waals surface area contributed by atoms with E-state index in [0.717, 1.165) is 38.9 Å². The highest BCUT2D eigenvalue weighted by Gasteiger charge is 2.58. The third-order valence-corrected chi connectivity index (χ3v) is 29.0. The lowest BCUT2D eigenvalue weighted by Gasteiger charge is -2.43. The van der Waals surface area contributed by atoms with E-state index < -0.39 is 176 Å². The summed E-state index contributed by atoms with van der Waals surface area (Å²) in [7, 11) is 0. The highest BCUT2D eigenvalue weighted by molar-refractivity contribution is 6.06. The van der Waals surface area contributed by atoms with Crippen molar-refractivity contribution in [1.82, 2.24) is 23.8 Å². The van der Waals surface area contributed by atoms with Crippen molar-refractivity contribution in [3.8, 4) is 0 Å². The van der Waals surface area contributed by atoms with Crippen LogP contribution in [-0.2, 0) is 67.0 Å². The Morgan fingerprint density at radius 2 is 0.560 bits per heavy atom. The average Bonchev–Trinajstić information content (AvgIpc) is 1.65. The van der Waals surface area contributed by atoms with E-state index in [1.54, 1.807) is 42.5 Å². The van der Waals surface area contributed by atoms with E-state index in [-0.39, 0.29) is 102 Å². The van der Waals surface area contributed by atoms with Crippen LogP contribution in [0.5, 0.6) is 0 Å². The smallest absolute Gasteiger partial charge is 0.318 e. The number of carboxylic acids is 3. The zero-order valence-corrected chi connectivity index (χ0v) is 86.0. The van der Waals surface area contributed by atoms with E-state index in [1.165, 1.54) is 0 Å². The van der Waals surface area contributed by atoms with E-state index >= 15 is 0 Å². The molecule has 3 aliphatic heterocycles. The molecule has 3 fully saturated rings. The van der Waals surface area contributed by atoms with Crippen molar-refractivity contribution in [2.45, 2.75) is 216 Å². The standard InChI is InChI=1S/C39H50N2O6.C39H48N2O5.C39H44O6.3H3N/c1-38(2,3)30(25-18-12-8-13-19-25)23-29(37(46)47)31(34(40)42)27(24-16-10-7-11-17-24)22-28(36(44)45)32(35(41)43)33(39(4,5)6)26-20-14-9-15-21-26;1-38(2,3)30(25-18-12-8-13-19-25)23-29(37(45)46)31(34(40)42)27(24-16-10-7-11-17-24)22-28-32(36(44)41-35(28)43)33(39(4,5)6)26-20-14-9-15-21-26;1-38(2,3)30(25-18-12-8-13-19-25)23-29-31(36(42)44-35(29)41)27(24-16-10-7-11-17-24)22-28-32(37(43)45-34(28)40)33(39(4,5)6)26-20-14-9-15-21-26;;;/h7-21,27-33H,22-23H2,1-6H3,(H2,40,42)(H2,41,43)(H,44,45)(H,46,47);7-21,27-33H,22-23H2,1-6H3,(H2,40,42)(H,45,46)(H,41,43,44);7-21,27-33H,22-23H2,1-6H3;3*1H3. The summed E-state index contributed by atoms with van der Waals surface area (Å²) in [4.78, 5) is 161. The average molecular weight is 1930 g/mol. The Morgan fingerprint density at radius 3 is 0.879 bits per heavy atom. The second kappa shape index (κ2) is 49.0. The summed E-state index contributed by atoms with van der Waals surface area (Å²) in [6.07, 6.45) is 0.458. The molecule has 3 heterocycles. The van der Waals surface area contributed by atoms with Gasteiger partial charge < -0.3 is 74.8 Å². The fourth-order valence-electron chi connectivity index (χ4n) is 22.7. The topological polar surface area (TPSA) is 492 Å². The third-order valence-electron chi connectivity index (χ3n) is 29.0. The third kappa shape index (κ3) is 28.7. The summed E-state index contributed by atoms with van der Waals surface area (Å²) >= 11 is 0. The Balaban J connectivity index is 0.000000284. The van der Waals surface area contributed by atoms with Crippen LogP contribution in [0.4, 0.5) is 0 Å². The number of amides is 5. The first kappa shape index (κ1) is 115. The molecule has 9 aromatic carbocycles. The lowest BCUT2D eigenvalue weighted by Crippen LogP contribution is -2.49. The molecule has 0 radical (unpaired) electrons. The zero-order chi connectivity index (χ0) is 101. The fraction of sp³-hybridized carbons (Fsp3) is 0.436. The van der Waals surface area contributed by atoms with Crippen molar-refractivity contribution in [3.05, 3.63) is 323 Å². The summed E-state index contributed by atoms with van der Waals surface area (Å²) in [5.74, 6) is -26.7. The molecule has 9 aromatic rings. The van der Waals surface area contributed by atoms with Gasteiger partial charge in [-0.05, 0) is 157 Å². The number of carboxylic acid groups (broad SMARTS) is 3. The van der Waals surface area contributed by atoms with E-state index in [0.29, 0.717) is 17.5 Å². The molecule has 756 valence electrons. The van der Waals surface area contributed by atoms with Gasteiger partial charge in [-0.15, -0.1) is 0 Å². The summed E-state index contributed by atoms with van der Waals surface area (Å²) in [6, 6.07) is 84.9. The molecule has 3 aliphatic rings. The van der Waals surface area contributed by atoms with Crippen LogP contribution < -0.4 is 56.3 Å². The summed E-state index contributed by atoms with van der Waals surface area (Å²) < 4.78 is 10.8. The number of imide groups is 1. The Bertz CT molecular complexity index is 5640. The van der Waals surface area contributed by atoms with Crippen LogP contribution in [0.25, 0.3) is 0 Å². The van der Waals surface area contributed by atoms with Gasteiger partial charge in [-0.2, -0.15) is 0 Å². The number of cyclic esters (lactones) is 4. The van der Waals surface area contributed by atoms with Gasteiger partial charge in [0, 0.05) is 53.4 Å². The first-order valence-electron chi connectivity index (χ1n) is 48.1. The van der Waals surface area contributed by atoms with Gasteiger partial charge in [-0.3, -0.25) is 48.5 Å². The van der Waals surface area contributed by atoms with Gasteiger partial charge >= 0.3 is 23.9 Å². The Hall–Kier alpha value is -12.9. The Labute approximate surface area is 832 Å². The first-order chi connectivity index (χ1) is 64.8. The van der Waals surface area contributed by atoms with Crippen LogP contribution in [-0.4, -0.2) is 71.3 Å². The number of nitrogens with two attached hydrogens (primary N) is 3. The van der Waals surface area contributed by atoms with E-state index in [9.17, 15) is 72.9 Å². The molecule has 24 nitrogen and oxygen atoms in total. The molecule has 12 rings (SSSR count). The molecule has 24 heteroatoms. The maximum absolute atomic E-state index is 13.7. The van der Waals surface area contributed by atoms with Crippen LogP contribution in [0, 0.1) is 104 Å². The molecule has 0 aliphatic carbocycles. The lowest BCUT2D eigenvalue weighted by molar-refractivity contribution is -0.315. The molecule has 21 atom stereocenters. The van der Waals surface area contributed by atoms with E-state index in [1.807, 2.05) is 301 Å². The second-order valence-corrected chi connectivity index (χ2v) is 44.5. The van der Waals surface area contributed by atoms with Crippen molar-refractivity contribution in [1.29, 1.82) is 0 Å². The molecule has 0 aromatic heterocycles. The number of hydrogen-bond acceptors (Lipinski definition) is 17. The minimum atomic E-state index is -1.52. The minimum absolute atomic E-state index is 0. The van der Waals surface area contributed by atoms with Crippen LogP contribution in [0.2, 0.25) is 0 Å². The number of esters is 4. The quantitative estimate of drug-likeness (QED) is 0.0109. The molecule has 0 spiro atoms. The van der Waals surface area contributed by atoms with Crippen LogP contribution in [0.1, 0.15) is 266 Å². The predicted molar refractivity (Wildman–Crippen MR) is 545 cm³/mol. The van der Waals surface area contributed by atoms with Gasteiger partial charge in [0.15, 0.2) is 0 Å². The predicted octanol–water partition coefficient (Wildman–Crippen LogP) is 18.7. The number of hydrogen-bond donors (Lipinski definition) is 7. The van der Waals surface area contributed by atoms with Crippen molar-refractivity contribution < 1.29 is 82.3 Å². The maximum Gasteiger partial charge on any atom is 0.318 e. The molecule has 19 N–H and O–H groups in total. The van der Waals surface area contributed by atoms with Crippen LogP contribution in [0.3, 0.4) is 0 Å². The molecule has 0 saturated carbocycles. The minimum Gasteiger partial charge on any atom is -0.550 e. The van der Waals surface area contributed by atoms with Gasteiger partial charge in [0.25, 0.3) is 0 Å². The molecule has 3 saturated heterocycles. The Morgan fingerprint density at radius 1 is 0.284 bits per heavy atom. The number of carbonyl (C=O) groups is 12. The summed E-state index contributed by atoms with van der Waals surface area (Å²) in [5.41, 5.74) is 23.4. The largest absolute Gasteiger partial charge is 0.550 e. The number of rotatable bonds is 36. The monoisotopic (exact) mass is 1930 g/mol. The summed E-state index contributed by atoms with van der Waals surface area (Å²) in [6.45, 7) is 36.5. The van der Waals surface area contributed by atoms with Gasteiger partial charge in [0.1, 0.15) is 0 Å². The van der Waals surface area contributed by atoms with Gasteiger partial charge in [0.05, 0.1) is 53.3 Å². The van der Waals surface area contributed by atoms with Crippen molar-refractivity contribution in [2.24, 2.45) is 121 Å². The van der Waals surface area contributed by atoms with Gasteiger partial charge in [0.2, 0.25) is 29.5 Å². The van der Waals surface area contributed by atoms with E-state index in [2.05, 4.69) is 59.0 Å². The lowest BCUT2D eigenvalue weighted by atomic mass is 9.62. The molecule has 5 amide bonds. The Kier molecular flexibility index (Phi) is 40.0. The first-order valence-corrected chi connectivity index (χ1v) is 48.1. The van der Waals surface area contributed by atoms with Crippen molar-refractivity contribution in [3.63, 3.8) is 0 Å². The normalized spacial score (nSPS) is 19.9. The van der Waals surface area contributed by atoms with E-state index in [4.69, 9.17) is 26.7 Å². The number of aliphatic carboxylic acids is 3. The molecular weight excluding hydrogens is 1780 g/mol. The van der Waals surface area contributed by atoms with Crippen LogP contribution >= 0.6 is 0 Å². The fourth-order valence-corrected chi connectivity index (χ4v) is 22.7. The number of benzene rings is 9. The van der Waals surface area contributed by atoms with Gasteiger partial charge in [-0.25, -0.2) is 0 Å². The SMILES string of the molecule is CC(C)(C)C(CC(C(=O)[O-])C(C(N)=O)C(CC(C(=O)[O-])C(C(N)=O)C(c1ccccc1)C(C)(C)C)c1ccccc1)c1ccccc1.CC(C)(C)C(CC(C(=O)[O-])C(C(N)=O)C(CC1C(=O)NC(=O)C1C(c1ccccc1)C(C)(C)C)c1ccccc1)c1ccccc1.CC(C)(C)C(CC1C(=O)OC(=O)C1C(CC1C(=O)OC(=O)C1C(c1ccccc1)C(C)(C)C)c1ccccc1)c1ccccc1.[NH4+].[NH4+].[NH4+].